The van der Waals surface area contributed by atoms with Crippen LogP contribution in [0, 0.1) is 18.6 Å². The molecule has 1 fully saturated rings. The van der Waals surface area contributed by atoms with Crippen molar-refractivity contribution in [3.63, 3.8) is 0 Å². The van der Waals surface area contributed by atoms with Gasteiger partial charge < -0.3 is 14.6 Å². The van der Waals surface area contributed by atoms with E-state index in [9.17, 15) is 13.6 Å². The van der Waals surface area contributed by atoms with Gasteiger partial charge in [0.05, 0.1) is 10.7 Å². The van der Waals surface area contributed by atoms with Crippen LogP contribution >= 0.6 is 11.3 Å². The van der Waals surface area contributed by atoms with Gasteiger partial charge in [0.2, 0.25) is 0 Å². The van der Waals surface area contributed by atoms with Crippen molar-refractivity contribution in [2.24, 2.45) is 0 Å². The summed E-state index contributed by atoms with van der Waals surface area (Å²) >= 11 is 1.52. The standard InChI is InChI=1S/C17H15F2N3O2S.C4H8O2/c1-11-21-14(9-25-11)5-4-12-2-3-13(16(19)15(12)18)8-24-17(23)22-7-6-20-10-22;5-4-2-1-3-6-4/h2-3,6-7,9-10H,4-5,8H2,1H3;4-5H,1-3H2. The molecule has 2 aromatic heterocycles. The molecule has 1 saturated heterocycles. The molecule has 4 rings (SSSR count). The number of rotatable bonds is 5. The second kappa shape index (κ2) is 11.1. The van der Waals surface area contributed by atoms with Crippen molar-refractivity contribution < 1.29 is 28.2 Å². The number of aryl methyl sites for hydroxylation is 3. The van der Waals surface area contributed by atoms with E-state index in [1.807, 2.05) is 12.3 Å². The van der Waals surface area contributed by atoms with Gasteiger partial charge >= 0.3 is 6.09 Å². The van der Waals surface area contributed by atoms with Crippen molar-refractivity contribution in [2.75, 3.05) is 6.61 Å². The minimum atomic E-state index is -0.995. The molecule has 10 heteroatoms. The van der Waals surface area contributed by atoms with Crippen molar-refractivity contribution in [2.45, 2.75) is 45.5 Å². The molecule has 0 saturated carbocycles. The van der Waals surface area contributed by atoms with Gasteiger partial charge in [-0.25, -0.2) is 28.1 Å². The Balaban J connectivity index is 0.000000391. The van der Waals surface area contributed by atoms with Crippen LogP contribution in [-0.2, 0) is 28.9 Å². The summed E-state index contributed by atoms with van der Waals surface area (Å²) in [5.74, 6) is -1.91. The second-order valence-electron chi connectivity index (χ2n) is 6.86. The summed E-state index contributed by atoms with van der Waals surface area (Å²) in [6, 6.07) is 2.94. The molecule has 3 aromatic rings. The molecule has 0 aliphatic carbocycles. The molecule has 1 atom stereocenters. The fourth-order valence-corrected chi connectivity index (χ4v) is 3.51. The van der Waals surface area contributed by atoms with Gasteiger partial charge in [-0.2, -0.15) is 0 Å². The lowest BCUT2D eigenvalue weighted by atomic mass is 10.0. The van der Waals surface area contributed by atoms with Gasteiger partial charge in [0.1, 0.15) is 12.9 Å². The van der Waals surface area contributed by atoms with Crippen LogP contribution in [0.3, 0.4) is 0 Å². The summed E-state index contributed by atoms with van der Waals surface area (Å²) in [5, 5.41) is 11.4. The minimum absolute atomic E-state index is 0.0146. The van der Waals surface area contributed by atoms with E-state index in [4.69, 9.17) is 14.6 Å². The third-order valence-electron chi connectivity index (χ3n) is 4.53. The number of hydrogen-bond acceptors (Lipinski definition) is 7. The van der Waals surface area contributed by atoms with Crippen LogP contribution in [0.1, 0.15) is 34.7 Å². The molecule has 1 aliphatic heterocycles. The number of hydrogen-bond donors (Lipinski definition) is 1. The lowest BCUT2D eigenvalue weighted by Crippen LogP contribution is -2.12. The largest absolute Gasteiger partial charge is 0.444 e. The van der Waals surface area contributed by atoms with Crippen molar-refractivity contribution in [1.29, 1.82) is 0 Å². The Morgan fingerprint density at radius 3 is 2.68 bits per heavy atom. The highest BCUT2D eigenvalue weighted by Gasteiger charge is 2.15. The van der Waals surface area contributed by atoms with E-state index in [-0.39, 0.29) is 17.7 Å². The van der Waals surface area contributed by atoms with Crippen LogP contribution in [0.2, 0.25) is 0 Å². The van der Waals surface area contributed by atoms with Gasteiger partial charge in [0.15, 0.2) is 17.9 Å². The van der Waals surface area contributed by atoms with Crippen molar-refractivity contribution in [1.82, 2.24) is 14.5 Å². The number of aliphatic hydroxyl groups excluding tert-OH is 1. The van der Waals surface area contributed by atoms with Crippen LogP contribution in [-0.4, -0.2) is 38.6 Å². The highest BCUT2D eigenvalue weighted by atomic mass is 32.1. The smallest absolute Gasteiger partial charge is 0.419 e. The van der Waals surface area contributed by atoms with E-state index in [1.54, 1.807) is 0 Å². The number of aromatic nitrogens is 3. The molecule has 7 nitrogen and oxygen atoms in total. The van der Waals surface area contributed by atoms with Gasteiger partial charge in [0, 0.05) is 36.4 Å². The number of aliphatic hydroxyl groups is 1. The summed E-state index contributed by atoms with van der Waals surface area (Å²) in [6.07, 6.45) is 5.65. The van der Waals surface area contributed by atoms with Gasteiger partial charge in [-0.1, -0.05) is 12.1 Å². The molecule has 1 N–H and O–H groups in total. The molecule has 1 aliphatic rings. The maximum Gasteiger partial charge on any atom is 0.419 e. The molecular formula is C21H23F2N3O4S. The number of carbonyl (C=O) groups excluding carboxylic acids is 1. The average Bonchev–Trinajstić information content (AvgIpc) is 3.52. The molecule has 0 amide bonds. The first kappa shape index (κ1) is 23.0. The topological polar surface area (TPSA) is 86.5 Å². The van der Waals surface area contributed by atoms with Gasteiger partial charge in [-0.15, -0.1) is 11.3 Å². The highest BCUT2D eigenvalue weighted by molar-refractivity contribution is 7.09. The number of benzene rings is 1. The normalized spacial score (nSPS) is 15.4. The van der Waals surface area contributed by atoms with Crippen molar-refractivity contribution >= 4 is 17.4 Å². The van der Waals surface area contributed by atoms with E-state index in [2.05, 4.69) is 9.97 Å². The van der Waals surface area contributed by atoms with E-state index in [1.165, 1.54) is 42.2 Å². The molecule has 3 heterocycles. The molecular weight excluding hydrogens is 428 g/mol. The lowest BCUT2D eigenvalue weighted by molar-refractivity contribution is -0.0589. The fourth-order valence-electron chi connectivity index (χ4n) is 2.86. The maximum atomic E-state index is 14.2. The van der Waals surface area contributed by atoms with Crippen LogP contribution in [0.5, 0.6) is 0 Å². The van der Waals surface area contributed by atoms with Gasteiger partial charge in [-0.05, 0) is 31.7 Å². The average molecular weight is 451 g/mol. The predicted molar refractivity (Wildman–Crippen MR) is 110 cm³/mol. The zero-order chi connectivity index (χ0) is 22.2. The predicted octanol–water partition coefficient (Wildman–Crippen LogP) is 4.01. The number of nitrogens with zero attached hydrogens (tertiary/aromatic N) is 3. The SMILES string of the molecule is Cc1nc(CCc2ccc(COC(=O)n3ccnc3)c(F)c2F)cs1.OC1CCCO1. The van der Waals surface area contributed by atoms with Crippen LogP contribution in [0.4, 0.5) is 13.6 Å². The number of thiazole rings is 1. The number of ether oxygens (including phenoxy) is 2. The molecule has 0 spiro atoms. The first-order valence-electron chi connectivity index (χ1n) is 9.75. The fraction of sp³-hybridized carbons (Fsp3) is 0.381. The van der Waals surface area contributed by atoms with Crippen LogP contribution in [0.15, 0.2) is 36.2 Å². The Labute approximate surface area is 182 Å². The summed E-state index contributed by atoms with van der Waals surface area (Å²) in [6.45, 7) is 2.28. The Bertz CT molecular complexity index is 989. The number of halogens is 2. The van der Waals surface area contributed by atoms with E-state index < -0.39 is 24.0 Å². The van der Waals surface area contributed by atoms with Crippen molar-refractivity contribution in [3.8, 4) is 0 Å². The van der Waals surface area contributed by atoms with Gasteiger partial charge in [-0.3, -0.25) is 0 Å². The monoisotopic (exact) mass is 451 g/mol. The lowest BCUT2D eigenvalue weighted by Gasteiger charge is -2.09. The number of carbonyl (C=O) groups is 1. The molecule has 0 radical (unpaired) electrons. The zero-order valence-corrected chi connectivity index (χ0v) is 17.8. The van der Waals surface area contributed by atoms with Crippen molar-refractivity contribution in [3.05, 3.63) is 69.7 Å². The van der Waals surface area contributed by atoms with E-state index in [0.717, 1.165) is 34.7 Å². The highest BCUT2D eigenvalue weighted by Crippen LogP contribution is 2.20. The van der Waals surface area contributed by atoms with Crippen LogP contribution in [0.25, 0.3) is 0 Å². The van der Waals surface area contributed by atoms with Gasteiger partial charge in [0.25, 0.3) is 0 Å². The zero-order valence-electron chi connectivity index (χ0n) is 17.0. The molecule has 0 bridgehead atoms. The third kappa shape index (κ3) is 6.65. The minimum Gasteiger partial charge on any atom is -0.444 e. The Kier molecular flexibility index (Phi) is 8.21. The van der Waals surface area contributed by atoms with E-state index in [0.29, 0.717) is 12.8 Å². The van der Waals surface area contributed by atoms with E-state index >= 15 is 0 Å². The summed E-state index contributed by atoms with van der Waals surface area (Å²) in [5.41, 5.74) is 1.12. The Morgan fingerprint density at radius 2 is 2.10 bits per heavy atom. The molecule has 1 aromatic carbocycles. The summed E-state index contributed by atoms with van der Waals surface area (Å²) in [4.78, 5) is 19.7. The maximum absolute atomic E-state index is 14.2. The number of imidazole rings is 1. The molecule has 166 valence electrons. The first-order valence-corrected chi connectivity index (χ1v) is 10.6. The van der Waals surface area contributed by atoms with Crippen LogP contribution < -0.4 is 0 Å². The molecule has 1 unspecified atom stereocenters. The third-order valence-corrected chi connectivity index (χ3v) is 5.35. The quantitative estimate of drug-likeness (QED) is 0.631. The Morgan fingerprint density at radius 1 is 1.32 bits per heavy atom. The summed E-state index contributed by atoms with van der Waals surface area (Å²) in [7, 11) is 0. The first-order chi connectivity index (χ1) is 14.9. The molecule has 31 heavy (non-hydrogen) atoms. The Hall–Kier alpha value is -2.69. The second-order valence-corrected chi connectivity index (χ2v) is 7.92. The summed E-state index contributed by atoms with van der Waals surface area (Å²) < 4.78 is 39.2.